The molecule has 5 rings (SSSR count). The minimum absolute atomic E-state index is 0.00390. The first-order valence-corrected chi connectivity index (χ1v) is 17.7. The smallest absolute Gasteiger partial charge is 0.306 e. The number of hydrogen-bond donors (Lipinski definition) is 0. The number of hydrogen-bond acceptors (Lipinski definition) is 4. The van der Waals surface area contributed by atoms with E-state index in [2.05, 4.69) is 62.0 Å². The molecule has 5 aliphatic carbocycles. The predicted octanol–water partition coefficient (Wildman–Crippen LogP) is 9.70. The Morgan fingerprint density at radius 1 is 0.762 bits per heavy atom. The molecule has 0 aromatic rings. The summed E-state index contributed by atoms with van der Waals surface area (Å²) in [6, 6.07) is 0. The molecule has 42 heavy (non-hydrogen) atoms. The highest BCUT2D eigenvalue weighted by Crippen LogP contribution is 2.77. The van der Waals surface area contributed by atoms with Gasteiger partial charge >= 0.3 is 11.9 Å². The Labute approximate surface area is 257 Å². The summed E-state index contributed by atoms with van der Waals surface area (Å²) in [6.45, 7) is 24.3. The van der Waals surface area contributed by atoms with Gasteiger partial charge < -0.3 is 9.47 Å². The fraction of sp³-hybridized carbons (Fsp3) is 0.895. The molecule has 2 unspecified atom stereocenters. The summed E-state index contributed by atoms with van der Waals surface area (Å²) in [5, 5.41) is 0. The molecule has 0 spiro atoms. The molecule has 5 fully saturated rings. The summed E-state index contributed by atoms with van der Waals surface area (Å²) < 4.78 is 12.2. The first-order valence-electron chi connectivity index (χ1n) is 17.7. The van der Waals surface area contributed by atoms with Crippen LogP contribution >= 0.6 is 0 Å². The van der Waals surface area contributed by atoms with Crippen molar-refractivity contribution in [2.75, 3.05) is 6.61 Å². The quantitative estimate of drug-likeness (QED) is 0.211. The van der Waals surface area contributed by atoms with Gasteiger partial charge in [-0.3, -0.25) is 9.59 Å². The SMILES string of the molecule is C=C(C)[C@@H]1CC[C@]2(COC(=O)CCC)CC[C@]3(C)[C@H](CCC4[C@@]5(C)CC[C@H](OC(=O)CCC)C(C)(C)[C@@H]5CC[C@]43C)C12. The van der Waals surface area contributed by atoms with Crippen molar-refractivity contribution in [3.63, 3.8) is 0 Å². The van der Waals surface area contributed by atoms with Crippen LogP contribution in [0.15, 0.2) is 12.2 Å². The van der Waals surface area contributed by atoms with Crippen molar-refractivity contribution in [3.8, 4) is 0 Å². The van der Waals surface area contributed by atoms with E-state index in [1.54, 1.807) is 0 Å². The lowest BCUT2D eigenvalue weighted by Crippen LogP contribution is -2.67. The molecule has 4 nitrogen and oxygen atoms in total. The Morgan fingerprint density at radius 2 is 1.45 bits per heavy atom. The van der Waals surface area contributed by atoms with Crippen LogP contribution in [0.1, 0.15) is 145 Å². The number of allylic oxidation sites excluding steroid dienone is 1. The highest BCUT2D eigenvalue weighted by atomic mass is 16.5. The molecule has 238 valence electrons. The maximum Gasteiger partial charge on any atom is 0.306 e. The van der Waals surface area contributed by atoms with Crippen LogP contribution in [0.4, 0.5) is 0 Å². The van der Waals surface area contributed by atoms with E-state index in [-0.39, 0.29) is 45.1 Å². The molecular weight excluding hydrogens is 520 g/mol. The zero-order valence-electron chi connectivity index (χ0n) is 28.4. The van der Waals surface area contributed by atoms with Gasteiger partial charge in [-0.2, -0.15) is 0 Å². The van der Waals surface area contributed by atoms with E-state index in [4.69, 9.17) is 9.47 Å². The van der Waals surface area contributed by atoms with Crippen molar-refractivity contribution in [1.82, 2.24) is 0 Å². The highest BCUT2D eigenvalue weighted by molar-refractivity contribution is 5.69. The maximum absolute atomic E-state index is 12.6. The van der Waals surface area contributed by atoms with Gasteiger partial charge in [-0.25, -0.2) is 0 Å². The number of carbonyl (C=O) groups excluding carboxylic acids is 2. The van der Waals surface area contributed by atoms with Crippen LogP contribution < -0.4 is 0 Å². The minimum atomic E-state index is -0.0155. The van der Waals surface area contributed by atoms with E-state index < -0.39 is 0 Å². The fourth-order valence-corrected chi connectivity index (χ4v) is 12.6. The normalized spacial score (nSPS) is 45.5. The van der Waals surface area contributed by atoms with Crippen molar-refractivity contribution >= 4 is 11.9 Å². The van der Waals surface area contributed by atoms with Gasteiger partial charge in [0.15, 0.2) is 0 Å². The first-order chi connectivity index (χ1) is 19.7. The lowest BCUT2D eigenvalue weighted by atomic mass is 9.32. The third kappa shape index (κ3) is 4.74. The zero-order valence-corrected chi connectivity index (χ0v) is 28.4. The topological polar surface area (TPSA) is 52.6 Å². The van der Waals surface area contributed by atoms with Crippen molar-refractivity contribution in [3.05, 3.63) is 12.2 Å². The molecule has 5 aliphatic rings. The predicted molar refractivity (Wildman–Crippen MR) is 170 cm³/mol. The minimum Gasteiger partial charge on any atom is -0.465 e. The Kier molecular flexibility index (Phi) is 8.59. The van der Waals surface area contributed by atoms with Crippen molar-refractivity contribution in [1.29, 1.82) is 0 Å². The highest BCUT2D eigenvalue weighted by Gasteiger charge is 2.71. The second-order valence-corrected chi connectivity index (χ2v) is 17.0. The van der Waals surface area contributed by atoms with Crippen LogP contribution in [0.2, 0.25) is 0 Å². The van der Waals surface area contributed by atoms with Gasteiger partial charge in [0.05, 0.1) is 6.61 Å². The average Bonchev–Trinajstić information content (AvgIpc) is 3.30. The van der Waals surface area contributed by atoms with Crippen LogP contribution in [-0.4, -0.2) is 24.6 Å². The van der Waals surface area contributed by atoms with Gasteiger partial charge in [-0.15, -0.1) is 0 Å². The van der Waals surface area contributed by atoms with E-state index in [9.17, 15) is 9.59 Å². The molecule has 0 heterocycles. The number of esters is 2. The third-order valence-electron chi connectivity index (χ3n) is 14.9. The molecule has 0 N–H and O–H groups in total. The Morgan fingerprint density at radius 3 is 2.12 bits per heavy atom. The maximum atomic E-state index is 12.6. The van der Waals surface area contributed by atoms with Gasteiger partial charge in [0.2, 0.25) is 0 Å². The first kappa shape index (κ1) is 32.1. The summed E-state index contributed by atoms with van der Waals surface area (Å²) in [5.74, 6) is 3.00. The lowest BCUT2D eigenvalue weighted by Gasteiger charge is -2.73. The van der Waals surface area contributed by atoms with Crippen molar-refractivity contribution < 1.29 is 19.1 Å². The summed E-state index contributed by atoms with van der Waals surface area (Å²) >= 11 is 0. The van der Waals surface area contributed by atoms with Gasteiger partial charge in [0.25, 0.3) is 0 Å². The van der Waals surface area contributed by atoms with Gasteiger partial charge in [-0.05, 0) is 130 Å². The number of rotatable bonds is 8. The number of ether oxygens (including phenoxy) is 2. The largest absolute Gasteiger partial charge is 0.465 e. The summed E-state index contributed by atoms with van der Waals surface area (Å²) in [4.78, 5) is 25.1. The van der Waals surface area contributed by atoms with E-state index in [0.717, 1.165) is 19.3 Å². The Balaban J connectivity index is 1.44. The van der Waals surface area contributed by atoms with E-state index in [1.165, 1.54) is 63.4 Å². The van der Waals surface area contributed by atoms with Gasteiger partial charge in [0, 0.05) is 23.7 Å². The summed E-state index contributed by atoms with van der Waals surface area (Å²) in [7, 11) is 0. The molecule has 4 heteroatoms. The zero-order chi connectivity index (χ0) is 30.7. The van der Waals surface area contributed by atoms with Crippen LogP contribution in [0, 0.1) is 56.7 Å². The second-order valence-electron chi connectivity index (χ2n) is 17.0. The van der Waals surface area contributed by atoms with Crippen LogP contribution in [0.5, 0.6) is 0 Å². The second kappa shape index (κ2) is 11.2. The average molecular weight is 583 g/mol. The molecule has 0 amide bonds. The summed E-state index contributed by atoms with van der Waals surface area (Å²) in [6.07, 6.45) is 14.8. The third-order valence-corrected chi connectivity index (χ3v) is 14.9. The van der Waals surface area contributed by atoms with Gasteiger partial charge in [0.1, 0.15) is 6.10 Å². The fourth-order valence-electron chi connectivity index (χ4n) is 12.6. The van der Waals surface area contributed by atoms with E-state index >= 15 is 0 Å². The van der Waals surface area contributed by atoms with Crippen molar-refractivity contribution in [2.24, 2.45) is 56.7 Å². The van der Waals surface area contributed by atoms with Crippen LogP contribution in [0.25, 0.3) is 0 Å². The Bertz CT molecular complexity index is 1060. The van der Waals surface area contributed by atoms with Crippen LogP contribution in [0.3, 0.4) is 0 Å². The van der Waals surface area contributed by atoms with Gasteiger partial charge in [-0.1, -0.05) is 60.6 Å². The summed E-state index contributed by atoms with van der Waals surface area (Å²) in [5.41, 5.74) is 2.28. The molecule has 0 saturated heterocycles. The molecular formula is C38H62O4. The molecule has 0 aromatic heterocycles. The molecule has 0 aromatic carbocycles. The molecule has 5 saturated carbocycles. The monoisotopic (exact) mass is 582 g/mol. The number of fused-ring (bicyclic) bond motifs is 7. The van der Waals surface area contributed by atoms with E-state index in [1.807, 2.05) is 0 Å². The van der Waals surface area contributed by atoms with Crippen LogP contribution in [-0.2, 0) is 19.1 Å². The Hall–Kier alpha value is -1.32. The molecule has 0 bridgehead atoms. The molecule has 0 aliphatic heterocycles. The standard InChI is InChI=1S/C38H62O4/c1-10-12-31(39)41-24-38-21-16-26(25(3)4)33(38)27-14-15-29-35(7)19-18-30(42-32(40)13-11-2)34(5,6)28(35)17-20-37(29,9)36(27,8)22-23-38/h26-30,33H,3,10-24H2,1-2,4-9H3/t26-,27+,28-,29?,30-,33?,35-,36+,37+,38+/m0/s1. The lowest BCUT2D eigenvalue weighted by molar-refractivity contribution is -0.252. The number of carbonyl (C=O) groups is 2. The van der Waals surface area contributed by atoms with Crippen molar-refractivity contribution in [2.45, 2.75) is 151 Å². The molecule has 10 atom stereocenters. The van der Waals surface area contributed by atoms with E-state index in [0.29, 0.717) is 49.0 Å². The molecule has 0 radical (unpaired) electrons.